The smallest absolute Gasteiger partial charge is 0.295 e. The van der Waals surface area contributed by atoms with Crippen LogP contribution in [0.4, 0.5) is 15.8 Å². The fourth-order valence-electron chi connectivity index (χ4n) is 1.55. The van der Waals surface area contributed by atoms with E-state index in [9.17, 15) is 14.5 Å². The van der Waals surface area contributed by atoms with E-state index in [0.29, 0.717) is 32.1 Å². The zero-order valence-corrected chi connectivity index (χ0v) is 12.2. The molecule has 0 aliphatic rings. The molecular weight excluding hydrogens is 287 g/mol. The van der Waals surface area contributed by atoms with Crippen LogP contribution in [0.5, 0.6) is 0 Å². The molecule has 0 aromatic heterocycles. The summed E-state index contributed by atoms with van der Waals surface area (Å²) in [5.74, 6) is -0.330. The highest BCUT2D eigenvalue weighted by Gasteiger charge is 2.17. The molecule has 0 unspecified atom stereocenters. The fourth-order valence-corrected chi connectivity index (χ4v) is 1.71. The summed E-state index contributed by atoms with van der Waals surface area (Å²) >= 11 is 5.63. The molecule has 0 fully saturated rings. The average molecular weight is 305 g/mol. The van der Waals surface area contributed by atoms with E-state index in [1.54, 1.807) is 0 Å². The van der Waals surface area contributed by atoms with Crippen LogP contribution in [0, 0.1) is 21.8 Å². The molecule has 1 N–H and O–H groups in total. The second kappa shape index (κ2) is 8.01. The number of hydrogen-bond acceptors (Lipinski definition) is 4. The van der Waals surface area contributed by atoms with Crippen molar-refractivity contribution in [2.24, 2.45) is 5.92 Å². The third-order valence-corrected chi connectivity index (χ3v) is 2.76. The van der Waals surface area contributed by atoms with Gasteiger partial charge in [0.05, 0.1) is 16.0 Å². The molecule has 20 heavy (non-hydrogen) atoms. The van der Waals surface area contributed by atoms with Crippen molar-refractivity contribution >= 4 is 23.0 Å². The number of nitrogens with zero attached hydrogens (tertiary/aromatic N) is 1. The fraction of sp³-hybridized carbons (Fsp3) is 0.538. The van der Waals surface area contributed by atoms with Crippen LogP contribution in [-0.2, 0) is 4.74 Å². The Labute approximate surface area is 122 Å². The quantitative estimate of drug-likeness (QED) is 0.450. The second-order valence-corrected chi connectivity index (χ2v) is 5.20. The number of hydrogen-bond donors (Lipinski definition) is 1. The summed E-state index contributed by atoms with van der Waals surface area (Å²) in [6.07, 6.45) is 0.693. The first kappa shape index (κ1) is 16.7. The van der Waals surface area contributed by atoms with E-state index >= 15 is 0 Å². The first-order valence-electron chi connectivity index (χ1n) is 6.37. The Morgan fingerprint density at radius 3 is 2.80 bits per heavy atom. The Hall–Kier alpha value is -1.40. The molecule has 0 atom stereocenters. The van der Waals surface area contributed by atoms with Gasteiger partial charge < -0.3 is 10.1 Å². The van der Waals surface area contributed by atoms with Crippen LogP contribution in [0.3, 0.4) is 0 Å². The molecule has 0 bridgehead atoms. The normalized spacial score (nSPS) is 10.8. The van der Waals surface area contributed by atoms with E-state index in [4.69, 9.17) is 16.3 Å². The van der Waals surface area contributed by atoms with Gasteiger partial charge in [-0.25, -0.2) is 4.39 Å². The van der Waals surface area contributed by atoms with Gasteiger partial charge in [-0.3, -0.25) is 10.1 Å². The summed E-state index contributed by atoms with van der Waals surface area (Å²) in [7, 11) is 0. The number of rotatable bonds is 8. The molecule has 1 aromatic carbocycles. The maximum atomic E-state index is 13.2. The summed E-state index contributed by atoms with van der Waals surface area (Å²) in [4.78, 5) is 10.2. The zero-order valence-electron chi connectivity index (χ0n) is 11.5. The van der Waals surface area contributed by atoms with E-state index in [1.165, 1.54) is 6.07 Å². The molecule has 112 valence electrons. The predicted octanol–water partition coefficient (Wildman–Crippen LogP) is 3.86. The minimum atomic E-state index is -0.802. The molecule has 0 amide bonds. The van der Waals surface area contributed by atoms with Crippen molar-refractivity contribution in [1.82, 2.24) is 0 Å². The minimum Gasteiger partial charge on any atom is -0.381 e. The van der Waals surface area contributed by atoms with Gasteiger partial charge in [-0.15, -0.1) is 0 Å². The lowest BCUT2D eigenvalue weighted by molar-refractivity contribution is -0.384. The van der Waals surface area contributed by atoms with Crippen LogP contribution in [0.2, 0.25) is 5.02 Å². The average Bonchev–Trinajstić information content (AvgIpc) is 2.36. The SMILES string of the molecule is CC(C)COCCCNc1cc(Cl)c(F)cc1[N+](=O)[O-]. The number of nitro benzene ring substituents is 1. The van der Waals surface area contributed by atoms with Crippen LogP contribution in [0.15, 0.2) is 12.1 Å². The Kier molecular flexibility index (Phi) is 6.67. The summed E-state index contributed by atoms with van der Waals surface area (Å²) in [5, 5.41) is 13.6. The van der Waals surface area contributed by atoms with E-state index in [0.717, 1.165) is 6.07 Å². The lowest BCUT2D eigenvalue weighted by atomic mass is 10.2. The van der Waals surface area contributed by atoms with E-state index in [-0.39, 0.29) is 16.4 Å². The monoisotopic (exact) mass is 304 g/mol. The Morgan fingerprint density at radius 1 is 1.50 bits per heavy atom. The topological polar surface area (TPSA) is 64.4 Å². The summed E-state index contributed by atoms with van der Waals surface area (Å²) in [6, 6.07) is 2.05. The zero-order chi connectivity index (χ0) is 15.1. The Morgan fingerprint density at radius 2 is 2.20 bits per heavy atom. The van der Waals surface area contributed by atoms with Gasteiger partial charge in [0.25, 0.3) is 5.69 Å². The maximum absolute atomic E-state index is 13.2. The van der Waals surface area contributed by atoms with Gasteiger partial charge >= 0.3 is 0 Å². The van der Waals surface area contributed by atoms with Crippen molar-refractivity contribution in [2.45, 2.75) is 20.3 Å². The van der Waals surface area contributed by atoms with Crippen molar-refractivity contribution in [1.29, 1.82) is 0 Å². The molecule has 0 saturated carbocycles. The Balaban J connectivity index is 2.51. The third kappa shape index (κ3) is 5.30. The highest BCUT2D eigenvalue weighted by molar-refractivity contribution is 6.31. The molecule has 0 radical (unpaired) electrons. The molecule has 0 heterocycles. The van der Waals surface area contributed by atoms with Gasteiger partial charge in [0.1, 0.15) is 11.5 Å². The third-order valence-electron chi connectivity index (χ3n) is 2.47. The molecule has 0 spiro atoms. The number of nitrogens with one attached hydrogen (secondary N) is 1. The van der Waals surface area contributed by atoms with Crippen LogP contribution >= 0.6 is 11.6 Å². The van der Waals surface area contributed by atoms with E-state index in [1.807, 2.05) is 0 Å². The molecule has 5 nitrogen and oxygen atoms in total. The van der Waals surface area contributed by atoms with Crippen molar-refractivity contribution in [3.05, 3.63) is 33.1 Å². The summed E-state index contributed by atoms with van der Waals surface area (Å²) < 4.78 is 18.6. The van der Waals surface area contributed by atoms with E-state index in [2.05, 4.69) is 19.2 Å². The number of benzene rings is 1. The second-order valence-electron chi connectivity index (χ2n) is 4.79. The maximum Gasteiger partial charge on any atom is 0.295 e. The molecular formula is C13H18ClFN2O3. The highest BCUT2D eigenvalue weighted by Crippen LogP contribution is 2.30. The van der Waals surface area contributed by atoms with Crippen LogP contribution in [0.25, 0.3) is 0 Å². The van der Waals surface area contributed by atoms with Gasteiger partial charge in [-0.2, -0.15) is 0 Å². The number of halogens is 2. The van der Waals surface area contributed by atoms with Gasteiger partial charge in [0.15, 0.2) is 0 Å². The first-order chi connectivity index (χ1) is 9.41. The lowest BCUT2D eigenvalue weighted by Gasteiger charge is -2.09. The van der Waals surface area contributed by atoms with Crippen LogP contribution in [-0.4, -0.2) is 24.7 Å². The minimum absolute atomic E-state index is 0.144. The molecule has 7 heteroatoms. The van der Waals surface area contributed by atoms with Crippen molar-refractivity contribution < 1.29 is 14.1 Å². The van der Waals surface area contributed by atoms with Crippen LogP contribution < -0.4 is 5.32 Å². The number of anilines is 1. The predicted molar refractivity (Wildman–Crippen MR) is 76.8 cm³/mol. The number of ether oxygens (including phenoxy) is 1. The van der Waals surface area contributed by atoms with Gasteiger partial charge in [-0.1, -0.05) is 25.4 Å². The van der Waals surface area contributed by atoms with E-state index < -0.39 is 10.7 Å². The summed E-state index contributed by atoms with van der Waals surface area (Å²) in [6.45, 7) is 5.85. The standard InChI is InChI=1S/C13H18ClFN2O3/c1-9(2)8-20-5-3-4-16-12-6-10(14)11(15)7-13(12)17(18)19/h6-7,9,16H,3-5,8H2,1-2H3. The van der Waals surface area contributed by atoms with Crippen molar-refractivity contribution in [3.63, 3.8) is 0 Å². The molecule has 0 aliphatic heterocycles. The first-order valence-corrected chi connectivity index (χ1v) is 6.74. The van der Waals surface area contributed by atoms with Gasteiger partial charge in [0.2, 0.25) is 0 Å². The highest BCUT2D eigenvalue weighted by atomic mass is 35.5. The van der Waals surface area contributed by atoms with Crippen molar-refractivity contribution in [2.75, 3.05) is 25.1 Å². The molecule has 0 aliphatic carbocycles. The lowest BCUT2D eigenvalue weighted by Crippen LogP contribution is -2.09. The summed E-state index contributed by atoms with van der Waals surface area (Å²) in [5.41, 5.74) is -0.111. The molecule has 1 rings (SSSR count). The Bertz CT molecular complexity index is 469. The van der Waals surface area contributed by atoms with Gasteiger partial charge in [0, 0.05) is 19.8 Å². The molecule has 1 aromatic rings. The van der Waals surface area contributed by atoms with Crippen molar-refractivity contribution in [3.8, 4) is 0 Å². The number of nitro groups is 1. The largest absolute Gasteiger partial charge is 0.381 e. The van der Waals surface area contributed by atoms with Crippen LogP contribution in [0.1, 0.15) is 20.3 Å². The van der Waals surface area contributed by atoms with Gasteiger partial charge in [-0.05, 0) is 18.4 Å². The molecule has 0 saturated heterocycles.